The number of thiophene rings is 2. The van der Waals surface area contributed by atoms with Crippen LogP contribution in [0.15, 0.2) is 47.2 Å². The summed E-state index contributed by atoms with van der Waals surface area (Å²) in [5.41, 5.74) is 6.39. The van der Waals surface area contributed by atoms with Crippen molar-refractivity contribution in [2.45, 2.75) is 13.8 Å². The second-order valence-electron chi connectivity index (χ2n) is 5.30. The van der Waals surface area contributed by atoms with Crippen molar-refractivity contribution in [3.8, 4) is 21.1 Å². The molecule has 22 heavy (non-hydrogen) atoms. The summed E-state index contributed by atoms with van der Waals surface area (Å²) in [5.74, 6) is 0. The molecule has 0 saturated carbocycles. The Morgan fingerprint density at radius 2 is 1.18 bits per heavy atom. The first-order chi connectivity index (χ1) is 10.7. The maximum absolute atomic E-state index is 4.93. The van der Waals surface area contributed by atoms with Crippen LogP contribution >= 0.6 is 22.7 Å². The Hall–Kier alpha value is -2.04. The molecule has 3 aromatic heterocycles. The smallest absolute Gasteiger partial charge is 0.108 e. The van der Waals surface area contributed by atoms with Crippen LogP contribution in [0.2, 0.25) is 0 Å². The molecule has 108 valence electrons. The molecule has 0 fully saturated rings. The first-order valence-corrected chi connectivity index (χ1v) is 8.85. The molecule has 4 heteroatoms. The highest BCUT2D eigenvalue weighted by Gasteiger charge is 2.15. The van der Waals surface area contributed by atoms with Crippen LogP contribution in [0.5, 0.6) is 0 Å². The van der Waals surface area contributed by atoms with E-state index in [-0.39, 0.29) is 0 Å². The van der Waals surface area contributed by atoms with E-state index in [2.05, 4.69) is 61.0 Å². The molecule has 0 aliphatic carbocycles. The molecule has 0 spiro atoms. The largest absolute Gasteiger partial charge is 0.243 e. The van der Waals surface area contributed by atoms with Crippen LogP contribution in [0.1, 0.15) is 11.1 Å². The van der Waals surface area contributed by atoms with Crippen LogP contribution < -0.4 is 0 Å². The predicted molar refractivity (Wildman–Crippen MR) is 95.6 cm³/mol. The Labute approximate surface area is 137 Å². The minimum atomic E-state index is 0.965. The number of hydrogen-bond acceptors (Lipinski definition) is 4. The van der Waals surface area contributed by atoms with Gasteiger partial charge < -0.3 is 0 Å². The molecule has 3 heterocycles. The van der Waals surface area contributed by atoms with Crippen LogP contribution in [-0.4, -0.2) is 9.97 Å². The fraction of sp³-hybridized carbons (Fsp3) is 0.111. The van der Waals surface area contributed by atoms with Crippen LogP contribution in [0.25, 0.3) is 32.2 Å². The van der Waals surface area contributed by atoms with Gasteiger partial charge in [-0.25, -0.2) is 9.97 Å². The minimum absolute atomic E-state index is 0.965. The fourth-order valence-electron chi connectivity index (χ4n) is 2.48. The molecular weight excluding hydrogens is 308 g/mol. The van der Waals surface area contributed by atoms with Crippen molar-refractivity contribution < 1.29 is 0 Å². The Morgan fingerprint density at radius 1 is 0.727 bits per heavy atom. The van der Waals surface area contributed by atoms with Gasteiger partial charge in [-0.15, -0.1) is 22.7 Å². The third-order valence-electron chi connectivity index (χ3n) is 3.79. The van der Waals surface area contributed by atoms with E-state index in [1.807, 2.05) is 0 Å². The molecule has 2 nitrogen and oxygen atoms in total. The summed E-state index contributed by atoms with van der Waals surface area (Å²) in [5, 5.41) is 4.17. The van der Waals surface area contributed by atoms with E-state index in [0.29, 0.717) is 0 Å². The van der Waals surface area contributed by atoms with Crippen molar-refractivity contribution in [2.75, 3.05) is 0 Å². The first-order valence-electron chi connectivity index (χ1n) is 7.09. The molecule has 0 radical (unpaired) electrons. The maximum Gasteiger partial charge on any atom is 0.108 e. The van der Waals surface area contributed by atoms with E-state index in [1.54, 1.807) is 22.7 Å². The van der Waals surface area contributed by atoms with E-state index in [1.165, 1.54) is 11.1 Å². The highest BCUT2D eigenvalue weighted by Crippen LogP contribution is 2.35. The lowest BCUT2D eigenvalue weighted by atomic mass is 10.1. The van der Waals surface area contributed by atoms with Crippen molar-refractivity contribution in [1.82, 2.24) is 9.97 Å². The first kappa shape index (κ1) is 13.6. The van der Waals surface area contributed by atoms with Gasteiger partial charge in [-0.05, 0) is 60.0 Å². The number of fused-ring (bicyclic) bond motifs is 1. The zero-order valence-corrected chi connectivity index (χ0v) is 14.0. The van der Waals surface area contributed by atoms with Crippen molar-refractivity contribution in [3.05, 3.63) is 58.3 Å². The monoisotopic (exact) mass is 322 g/mol. The Balaban J connectivity index is 2.06. The average Bonchev–Trinajstić information content (AvgIpc) is 3.21. The Bertz CT molecular complexity index is 860. The number of hydrogen-bond donors (Lipinski definition) is 0. The Morgan fingerprint density at radius 3 is 1.55 bits per heavy atom. The third kappa shape index (κ3) is 2.25. The van der Waals surface area contributed by atoms with Gasteiger partial charge in [-0.2, -0.15) is 0 Å². The van der Waals surface area contributed by atoms with Gasteiger partial charge in [0.25, 0.3) is 0 Å². The summed E-state index contributed by atoms with van der Waals surface area (Å²) in [6, 6.07) is 12.6. The molecule has 4 aromatic rings. The van der Waals surface area contributed by atoms with Gasteiger partial charge in [0.1, 0.15) is 11.4 Å². The summed E-state index contributed by atoms with van der Waals surface area (Å²) >= 11 is 3.41. The molecule has 0 aliphatic rings. The van der Waals surface area contributed by atoms with Crippen molar-refractivity contribution in [1.29, 1.82) is 0 Å². The lowest BCUT2D eigenvalue weighted by Crippen LogP contribution is -1.94. The quantitative estimate of drug-likeness (QED) is 0.473. The lowest BCUT2D eigenvalue weighted by molar-refractivity contribution is 1.27. The second-order valence-corrected chi connectivity index (χ2v) is 7.20. The lowest BCUT2D eigenvalue weighted by Gasteiger charge is -2.09. The van der Waals surface area contributed by atoms with Gasteiger partial charge in [-0.1, -0.05) is 12.1 Å². The van der Waals surface area contributed by atoms with E-state index < -0.39 is 0 Å². The zero-order chi connectivity index (χ0) is 15.1. The van der Waals surface area contributed by atoms with E-state index in [4.69, 9.17) is 9.97 Å². The summed E-state index contributed by atoms with van der Waals surface area (Å²) in [6.45, 7) is 4.24. The maximum atomic E-state index is 4.93. The van der Waals surface area contributed by atoms with Crippen LogP contribution in [-0.2, 0) is 0 Å². The van der Waals surface area contributed by atoms with Gasteiger partial charge in [0.2, 0.25) is 0 Å². The van der Waals surface area contributed by atoms with Crippen molar-refractivity contribution in [2.24, 2.45) is 0 Å². The van der Waals surface area contributed by atoms with Gasteiger partial charge in [0.15, 0.2) is 0 Å². The molecular formula is C18H14N2S2. The minimum Gasteiger partial charge on any atom is -0.243 e. The average molecular weight is 322 g/mol. The predicted octanol–water partition coefficient (Wildman–Crippen LogP) is 5.70. The van der Waals surface area contributed by atoms with E-state index in [0.717, 1.165) is 32.2 Å². The molecule has 0 N–H and O–H groups in total. The molecule has 0 amide bonds. The van der Waals surface area contributed by atoms with Gasteiger partial charge in [0.05, 0.1) is 20.8 Å². The normalized spacial score (nSPS) is 11.2. The standard InChI is InChI=1S/C18H14N2S2/c1-11-9-13-14(10-12(11)2)20-18(16-6-4-8-22-16)17(19-13)15-5-3-7-21-15/h3-10H,1-2H3. The number of aryl methyl sites for hydroxylation is 2. The van der Waals surface area contributed by atoms with Crippen molar-refractivity contribution in [3.63, 3.8) is 0 Å². The van der Waals surface area contributed by atoms with Crippen molar-refractivity contribution >= 4 is 33.7 Å². The van der Waals surface area contributed by atoms with Crippen LogP contribution in [0.4, 0.5) is 0 Å². The summed E-state index contributed by atoms with van der Waals surface area (Å²) < 4.78 is 0. The van der Waals surface area contributed by atoms with Gasteiger partial charge >= 0.3 is 0 Å². The van der Waals surface area contributed by atoms with Gasteiger partial charge in [-0.3, -0.25) is 0 Å². The highest BCUT2D eigenvalue weighted by atomic mass is 32.1. The zero-order valence-electron chi connectivity index (χ0n) is 12.3. The molecule has 0 unspecified atom stereocenters. The number of aromatic nitrogens is 2. The van der Waals surface area contributed by atoms with Gasteiger partial charge in [0, 0.05) is 0 Å². The summed E-state index contributed by atoms with van der Waals surface area (Å²) in [7, 11) is 0. The summed E-state index contributed by atoms with van der Waals surface area (Å²) in [4.78, 5) is 12.2. The topological polar surface area (TPSA) is 25.8 Å². The Kier molecular flexibility index (Phi) is 3.28. The molecule has 1 aromatic carbocycles. The SMILES string of the molecule is Cc1cc2nc(-c3cccs3)c(-c3cccs3)nc2cc1C. The second kappa shape index (κ2) is 5.30. The summed E-state index contributed by atoms with van der Waals surface area (Å²) in [6.07, 6.45) is 0. The number of rotatable bonds is 2. The molecule has 0 atom stereocenters. The van der Waals surface area contributed by atoms with E-state index in [9.17, 15) is 0 Å². The molecule has 0 aliphatic heterocycles. The van der Waals surface area contributed by atoms with Crippen LogP contribution in [0, 0.1) is 13.8 Å². The third-order valence-corrected chi connectivity index (χ3v) is 5.54. The fourth-order valence-corrected chi connectivity index (χ4v) is 3.91. The van der Waals surface area contributed by atoms with Crippen LogP contribution in [0.3, 0.4) is 0 Å². The molecule has 0 bridgehead atoms. The van der Waals surface area contributed by atoms with E-state index >= 15 is 0 Å². The molecule has 4 rings (SSSR count). The number of benzene rings is 1. The highest BCUT2D eigenvalue weighted by molar-refractivity contribution is 7.14. The number of nitrogens with zero attached hydrogens (tertiary/aromatic N) is 2. The molecule has 0 saturated heterocycles.